The molecule has 2 unspecified atom stereocenters. The number of nitrogens with zero attached hydrogens (tertiary/aromatic N) is 1. The van der Waals surface area contributed by atoms with E-state index in [2.05, 4.69) is 10.2 Å². The molecule has 0 bridgehead atoms. The summed E-state index contributed by atoms with van der Waals surface area (Å²) in [6.07, 6.45) is 2.37. The van der Waals surface area contributed by atoms with Crippen molar-refractivity contribution >= 4 is 17.3 Å². The largest absolute Gasteiger partial charge is 0.397 e. The third kappa shape index (κ3) is 4.19. The number of carbonyl (C=O) groups excluding carboxylic acids is 1. The van der Waals surface area contributed by atoms with E-state index in [0.717, 1.165) is 25.9 Å². The summed E-state index contributed by atoms with van der Waals surface area (Å²) < 4.78 is 0. The fourth-order valence-electron chi connectivity index (χ4n) is 2.69. The van der Waals surface area contributed by atoms with Gasteiger partial charge >= 0.3 is 0 Å². The summed E-state index contributed by atoms with van der Waals surface area (Å²) in [4.78, 5) is 14.5. The molecule has 2 rings (SSSR count). The van der Waals surface area contributed by atoms with E-state index in [-0.39, 0.29) is 11.9 Å². The molecule has 1 fully saturated rings. The maximum Gasteiger partial charge on any atom is 0.241 e. The zero-order valence-corrected chi connectivity index (χ0v) is 12.8. The molecule has 0 saturated carbocycles. The van der Waals surface area contributed by atoms with Crippen LogP contribution in [0.4, 0.5) is 11.4 Å². The molecular weight excluding hydrogens is 266 g/mol. The van der Waals surface area contributed by atoms with E-state index in [1.165, 1.54) is 0 Å². The topological polar surface area (TPSA) is 78.6 Å². The molecule has 5 nitrogen and oxygen atoms in total. The van der Waals surface area contributed by atoms with Crippen LogP contribution >= 0.6 is 0 Å². The van der Waals surface area contributed by atoms with Gasteiger partial charge in [-0.2, -0.15) is 0 Å². The molecule has 1 aliphatic heterocycles. The van der Waals surface area contributed by atoms with Gasteiger partial charge in [0.1, 0.15) is 0 Å². The minimum atomic E-state index is -0.616. The van der Waals surface area contributed by atoms with Gasteiger partial charge in [0, 0.05) is 6.54 Å². The Labute approximate surface area is 126 Å². The lowest BCUT2D eigenvalue weighted by molar-refractivity contribution is -0.120. The van der Waals surface area contributed by atoms with Gasteiger partial charge in [0.25, 0.3) is 0 Å². The molecule has 1 amide bonds. The highest BCUT2D eigenvalue weighted by Gasteiger charge is 2.29. The molecule has 5 heteroatoms. The number of carbonyl (C=O) groups is 1. The molecule has 1 heterocycles. The van der Waals surface area contributed by atoms with Gasteiger partial charge < -0.3 is 16.2 Å². The van der Waals surface area contributed by atoms with E-state index < -0.39 is 5.60 Å². The van der Waals surface area contributed by atoms with Gasteiger partial charge in [-0.05, 0) is 51.8 Å². The second-order valence-electron chi connectivity index (χ2n) is 6.14. The number of amides is 1. The highest BCUT2D eigenvalue weighted by Crippen LogP contribution is 2.23. The Morgan fingerprint density at radius 2 is 2.10 bits per heavy atom. The van der Waals surface area contributed by atoms with Gasteiger partial charge in [-0.25, -0.2) is 0 Å². The van der Waals surface area contributed by atoms with Crippen molar-refractivity contribution in [3.8, 4) is 0 Å². The van der Waals surface area contributed by atoms with Crippen molar-refractivity contribution < 1.29 is 9.90 Å². The number of nitrogens with two attached hydrogens (primary N) is 1. The van der Waals surface area contributed by atoms with Crippen LogP contribution in [-0.4, -0.2) is 40.6 Å². The van der Waals surface area contributed by atoms with Crippen molar-refractivity contribution in [2.75, 3.05) is 24.1 Å². The molecular formula is C16H25N3O2. The minimum Gasteiger partial charge on any atom is -0.397 e. The van der Waals surface area contributed by atoms with Gasteiger partial charge in [-0.1, -0.05) is 12.1 Å². The summed E-state index contributed by atoms with van der Waals surface area (Å²) in [6.45, 7) is 5.32. The van der Waals surface area contributed by atoms with Crippen LogP contribution in [0.3, 0.4) is 0 Å². The fraction of sp³-hybridized carbons (Fsp3) is 0.562. The number of benzene rings is 1. The molecule has 1 aromatic rings. The number of nitrogen functional groups attached to an aromatic ring is 1. The first kappa shape index (κ1) is 15.8. The van der Waals surface area contributed by atoms with Gasteiger partial charge in [-0.3, -0.25) is 9.69 Å². The SMILES string of the molecule is CC(C(=O)Nc1ccccc1N)N1CCCC(C)(O)CC1. The van der Waals surface area contributed by atoms with Gasteiger partial charge in [0.2, 0.25) is 5.91 Å². The number of nitrogens with one attached hydrogen (secondary N) is 1. The summed E-state index contributed by atoms with van der Waals surface area (Å²) in [5, 5.41) is 13.0. The van der Waals surface area contributed by atoms with Crippen molar-refractivity contribution in [3.05, 3.63) is 24.3 Å². The first-order valence-corrected chi connectivity index (χ1v) is 7.51. The predicted molar refractivity (Wildman–Crippen MR) is 85.0 cm³/mol. The zero-order chi connectivity index (χ0) is 15.5. The average Bonchev–Trinajstić information content (AvgIpc) is 2.61. The van der Waals surface area contributed by atoms with Gasteiger partial charge in [0.05, 0.1) is 23.0 Å². The summed E-state index contributed by atoms with van der Waals surface area (Å²) in [6, 6.07) is 7.01. The van der Waals surface area contributed by atoms with Crippen LogP contribution in [0.1, 0.15) is 33.1 Å². The third-order valence-corrected chi connectivity index (χ3v) is 4.24. The molecule has 2 atom stereocenters. The fourth-order valence-corrected chi connectivity index (χ4v) is 2.69. The van der Waals surface area contributed by atoms with Crippen LogP contribution in [0.25, 0.3) is 0 Å². The van der Waals surface area contributed by atoms with Crippen LogP contribution in [0.5, 0.6) is 0 Å². The number of para-hydroxylation sites is 2. The lowest BCUT2D eigenvalue weighted by atomic mass is 9.98. The number of rotatable bonds is 3. The lowest BCUT2D eigenvalue weighted by Crippen LogP contribution is -2.43. The maximum absolute atomic E-state index is 12.4. The van der Waals surface area contributed by atoms with Crippen LogP contribution in [-0.2, 0) is 4.79 Å². The molecule has 1 aromatic carbocycles. The summed E-state index contributed by atoms with van der Waals surface area (Å²) in [7, 11) is 0. The molecule has 4 N–H and O–H groups in total. The molecule has 116 valence electrons. The summed E-state index contributed by atoms with van der Waals surface area (Å²) in [5.74, 6) is -0.0607. The Hall–Kier alpha value is -1.59. The Morgan fingerprint density at radius 3 is 2.81 bits per heavy atom. The van der Waals surface area contributed by atoms with E-state index in [1.807, 2.05) is 26.0 Å². The summed E-state index contributed by atoms with van der Waals surface area (Å²) in [5.41, 5.74) is 6.45. The van der Waals surface area contributed by atoms with Crippen LogP contribution in [0, 0.1) is 0 Å². The summed E-state index contributed by atoms with van der Waals surface area (Å²) >= 11 is 0. The average molecular weight is 291 g/mol. The Morgan fingerprint density at radius 1 is 1.38 bits per heavy atom. The van der Waals surface area contributed by atoms with Crippen molar-refractivity contribution in [2.24, 2.45) is 0 Å². The smallest absolute Gasteiger partial charge is 0.241 e. The Balaban J connectivity index is 1.98. The molecule has 0 aliphatic carbocycles. The van der Waals surface area contributed by atoms with E-state index in [9.17, 15) is 9.90 Å². The quantitative estimate of drug-likeness (QED) is 0.742. The first-order valence-electron chi connectivity index (χ1n) is 7.51. The van der Waals surface area contributed by atoms with Crippen molar-refractivity contribution in [2.45, 2.75) is 44.8 Å². The van der Waals surface area contributed by atoms with E-state index in [0.29, 0.717) is 17.8 Å². The van der Waals surface area contributed by atoms with Crippen LogP contribution < -0.4 is 11.1 Å². The number of anilines is 2. The Bertz CT molecular complexity index is 502. The van der Waals surface area contributed by atoms with Crippen LogP contribution in [0.2, 0.25) is 0 Å². The monoisotopic (exact) mass is 291 g/mol. The van der Waals surface area contributed by atoms with Crippen molar-refractivity contribution in [1.82, 2.24) is 4.90 Å². The predicted octanol–water partition coefficient (Wildman–Crippen LogP) is 1.83. The van der Waals surface area contributed by atoms with Crippen LogP contribution in [0.15, 0.2) is 24.3 Å². The second-order valence-corrected chi connectivity index (χ2v) is 6.14. The first-order chi connectivity index (χ1) is 9.89. The third-order valence-electron chi connectivity index (χ3n) is 4.24. The maximum atomic E-state index is 12.4. The molecule has 0 aromatic heterocycles. The molecule has 0 spiro atoms. The lowest BCUT2D eigenvalue weighted by Gasteiger charge is -2.27. The molecule has 1 saturated heterocycles. The zero-order valence-electron chi connectivity index (χ0n) is 12.8. The van der Waals surface area contributed by atoms with Crippen molar-refractivity contribution in [3.63, 3.8) is 0 Å². The Kier molecular flexibility index (Phi) is 4.85. The second kappa shape index (κ2) is 6.45. The number of aliphatic hydroxyl groups is 1. The highest BCUT2D eigenvalue weighted by atomic mass is 16.3. The minimum absolute atomic E-state index is 0.0607. The van der Waals surface area contributed by atoms with E-state index in [4.69, 9.17) is 5.73 Å². The van der Waals surface area contributed by atoms with E-state index in [1.54, 1.807) is 12.1 Å². The van der Waals surface area contributed by atoms with E-state index >= 15 is 0 Å². The molecule has 21 heavy (non-hydrogen) atoms. The highest BCUT2D eigenvalue weighted by molar-refractivity contribution is 5.97. The number of hydrogen-bond acceptors (Lipinski definition) is 4. The molecule has 1 aliphatic rings. The number of likely N-dealkylation sites (tertiary alicyclic amines) is 1. The standard InChI is InChI=1S/C16H25N3O2/c1-12(19-10-5-8-16(2,21)9-11-19)15(20)18-14-7-4-3-6-13(14)17/h3-4,6-7,12,21H,5,8-11,17H2,1-2H3,(H,18,20). The van der Waals surface area contributed by atoms with Gasteiger partial charge in [-0.15, -0.1) is 0 Å². The molecule has 0 radical (unpaired) electrons. The van der Waals surface area contributed by atoms with Crippen molar-refractivity contribution in [1.29, 1.82) is 0 Å². The normalized spacial score (nSPS) is 25.1. The van der Waals surface area contributed by atoms with Gasteiger partial charge in [0.15, 0.2) is 0 Å². The number of hydrogen-bond donors (Lipinski definition) is 3.